The number of halogens is 1. The summed E-state index contributed by atoms with van der Waals surface area (Å²) < 4.78 is 1.72. The van der Waals surface area contributed by atoms with Crippen LogP contribution in [0.1, 0.15) is 19.4 Å². The highest BCUT2D eigenvalue weighted by molar-refractivity contribution is 6.30. The standard InChI is InChI=1S/C15H16ClNO/c1-3-11-7-5-6-8-12(11)14-10-9-13(16)15(18)17(14)4-2/h5-10H,3-4H2,1-2H3. The monoisotopic (exact) mass is 261 g/mol. The van der Waals surface area contributed by atoms with Gasteiger partial charge < -0.3 is 4.57 Å². The van der Waals surface area contributed by atoms with E-state index < -0.39 is 0 Å². The molecule has 0 saturated heterocycles. The Hall–Kier alpha value is -1.54. The highest BCUT2D eigenvalue weighted by Gasteiger charge is 2.10. The summed E-state index contributed by atoms with van der Waals surface area (Å²) in [4.78, 5) is 12.0. The van der Waals surface area contributed by atoms with Gasteiger partial charge in [-0.15, -0.1) is 0 Å². The Kier molecular flexibility index (Phi) is 3.87. The minimum Gasteiger partial charge on any atom is -0.307 e. The fraction of sp³-hybridized carbons (Fsp3) is 0.267. The Morgan fingerprint density at radius 2 is 1.83 bits per heavy atom. The molecule has 2 aromatic rings. The molecule has 2 rings (SSSR count). The molecule has 0 unspecified atom stereocenters. The van der Waals surface area contributed by atoms with Crippen molar-refractivity contribution >= 4 is 11.6 Å². The summed E-state index contributed by atoms with van der Waals surface area (Å²) in [5.74, 6) is 0. The van der Waals surface area contributed by atoms with Gasteiger partial charge >= 0.3 is 0 Å². The predicted octanol–water partition coefficient (Wildman–Crippen LogP) is 3.75. The second-order valence-corrected chi connectivity index (χ2v) is 4.53. The van der Waals surface area contributed by atoms with E-state index >= 15 is 0 Å². The van der Waals surface area contributed by atoms with Crippen LogP contribution in [0.25, 0.3) is 11.3 Å². The SMILES string of the molecule is CCc1ccccc1-c1ccc(Cl)c(=O)n1CC. The lowest BCUT2D eigenvalue weighted by Gasteiger charge is -2.14. The number of hydrogen-bond acceptors (Lipinski definition) is 1. The van der Waals surface area contributed by atoms with Gasteiger partial charge in [-0.25, -0.2) is 0 Å². The quantitative estimate of drug-likeness (QED) is 0.825. The van der Waals surface area contributed by atoms with E-state index in [0.29, 0.717) is 6.54 Å². The molecule has 0 aliphatic rings. The highest BCUT2D eigenvalue weighted by atomic mass is 35.5. The lowest BCUT2D eigenvalue weighted by atomic mass is 10.0. The molecular formula is C15H16ClNO. The largest absolute Gasteiger partial charge is 0.307 e. The van der Waals surface area contributed by atoms with Gasteiger partial charge in [-0.05, 0) is 31.0 Å². The second kappa shape index (κ2) is 5.40. The van der Waals surface area contributed by atoms with E-state index in [4.69, 9.17) is 11.6 Å². The Morgan fingerprint density at radius 3 is 2.50 bits per heavy atom. The summed E-state index contributed by atoms with van der Waals surface area (Å²) in [5, 5.41) is 0.273. The van der Waals surface area contributed by atoms with Crippen molar-refractivity contribution in [2.75, 3.05) is 0 Å². The number of benzene rings is 1. The first-order valence-electron chi connectivity index (χ1n) is 6.16. The van der Waals surface area contributed by atoms with Gasteiger partial charge in [0, 0.05) is 12.1 Å². The lowest BCUT2D eigenvalue weighted by molar-refractivity contribution is 0.735. The van der Waals surface area contributed by atoms with Gasteiger partial charge in [0.05, 0.1) is 5.69 Å². The molecule has 0 saturated carbocycles. The summed E-state index contributed by atoms with van der Waals surface area (Å²) in [7, 11) is 0. The zero-order chi connectivity index (χ0) is 13.1. The second-order valence-electron chi connectivity index (χ2n) is 4.13. The number of rotatable bonds is 3. The first-order valence-corrected chi connectivity index (χ1v) is 6.54. The number of pyridine rings is 1. The molecule has 0 atom stereocenters. The summed E-state index contributed by atoms with van der Waals surface area (Å²) in [5.41, 5.74) is 3.16. The van der Waals surface area contributed by atoms with Gasteiger partial charge in [0.1, 0.15) is 5.02 Å². The van der Waals surface area contributed by atoms with Gasteiger partial charge in [-0.2, -0.15) is 0 Å². The molecule has 3 heteroatoms. The van der Waals surface area contributed by atoms with E-state index in [0.717, 1.165) is 17.7 Å². The van der Waals surface area contributed by atoms with Crippen LogP contribution in [0.5, 0.6) is 0 Å². The fourth-order valence-corrected chi connectivity index (χ4v) is 2.34. The normalized spacial score (nSPS) is 10.6. The van der Waals surface area contributed by atoms with Crippen LogP contribution in [0.4, 0.5) is 0 Å². The van der Waals surface area contributed by atoms with Crippen LogP contribution in [0.15, 0.2) is 41.2 Å². The van der Waals surface area contributed by atoms with Crippen molar-refractivity contribution in [2.24, 2.45) is 0 Å². The van der Waals surface area contributed by atoms with Crippen molar-refractivity contribution in [3.63, 3.8) is 0 Å². The molecule has 0 fully saturated rings. The summed E-state index contributed by atoms with van der Waals surface area (Å²) in [6, 6.07) is 11.8. The molecule has 0 spiro atoms. The zero-order valence-corrected chi connectivity index (χ0v) is 11.4. The Balaban J connectivity index is 2.71. The van der Waals surface area contributed by atoms with Crippen molar-refractivity contribution in [1.29, 1.82) is 0 Å². The third-order valence-electron chi connectivity index (χ3n) is 3.12. The van der Waals surface area contributed by atoms with Crippen molar-refractivity contribution in [3.05, 3.63) is 57.3 Å². The predicted molar refractivity (Wildman–Crippen MR) is 76.2 cm³/mol. The van der Waals surface area contributed by atoms with Crippen LogP contribution in [0.2, 0.25) is 5.02 Å². The summed E-state index contributed by atoms with van der Waals surface area (Å²) in [6.45, 7) is 4.69. The van der Waals surface area contributed by atoms with Gasteiger partial charge in [-0.3, -0.25) is 4.79 Å². The first-order chi connectivity index (χ1) is 8.69. The molecule has 0 bridgehead atoms. The van der Waals surface area contributed by atoms with Gasteiger partial charge in [0.2, 0.25) is 0 Å². The molecule has 94 valence electrons. The fourth-order valence-electron chi connectivity index (χ4n) is 2.18. The van der Waals surface area contributed by atoms with E-state index in [1.807, 2.05) is 31.2 Å². The molecule has 2 nitrogen and oxygen atoms in total. The van der Waals surface area contributed by atoms with Crippen LogP contribution in [0, 0.1) is 0 Å². The van der Waals surface area contributed by atoms with Crippen LogP contribution >= 0.6 is 11.6 Å². The zero-order valence-electron chi connectivity index (χ0n) is 10.6. The molecule has 0 radical (unpaired) electrons. The smallest absolute Gasteiger partial charge is 0.269 e. The van der Waals surface area contributed by atoms with Crippen LogP contribution in [-0.4, -0.2) is 4.57 Å². The molecule has 1 heterocycles. The van der Waals surface area contributed by atoms with E-state index in [9.17, 15) is 4.79 Å². The number of hydrogen-bond donors (Lipinski definition) is 0. The Labute approximate surface area is 112 Å². The van der Waals surface area contributed by atoms with Gasteiger partial charge in [-0.1, -0.05) is 42.8 Å². The maximum Gasteiger partial charge on any atom is 0.269 e. The molecule has 18 heavy (non-hydrogen) atoms. The van der Waals surface area contributed by atoms with Crippen LogP contribution in [0.3, 0.4) is 0 Å². The average molecular weight is 262 g/mol. The lowest BCUT2D eigenvalue weighted by Crippen LogP contribution is -2.21. The van der Waals surface area contributed by atoms with Crippen LogP contribution < -0.4 is 5.56 Å². The topological polar surface area (TPSA) is 22.0 Å². The third kappa shape index (κ3) is 2.21. The average Bonchev–Trinajstić information content (AvgIpc) is 2.41. The first kappa shape index (κ1) is 12.9. The molecule has 1 aromatic heterocycles. The maximum absolute atomic E-state index is 12.0. The summed E-state index contributed by atoms with van der Waals surface area (Å²) >= 11 is 5.89. The van der Waals surface area contributed by atoms with Crippen molar-refractivity contribution in [3.8, 4) is 11.3 Å². The molecular weight excluding hydrogens is 246 g/mol. The minimum absolute atomic E-state index is 0.123. The summed E-state index contributed by atoms with van der Waals surface area (Å²) in [6.07, 6.45) is 0.941. The number of aromatic nitrogens is 1. The highest BCUT2D eigenvalue weighted by Crippen LogP contribution is 2.24. The van der Waals surface area contributed by atoms with E-state index in [1.54, 1.807) is 10.6 Å². The third-order valence-corrected chi connectivity index (χ3v) is 3.41. The molecule has 0 N–H and O–H groups in total. The van der Waals surface area contributed by atoms with Crippen LogP contribution in [-0.2, 0) is 13.0 Å². The van der Waals surface area contributed by atoms with Gasteiger partial charge in [0.15, 0.2) is 0 Å². The molecule has 1 aromatic carbocycles. The van der Waals surface area contributed by atoms with E-state index in [2.05, 4.69) is 13.0 Å². The minimum atomic E-state index is -0.123. The van der Waals surface area contributed by atoms with E-state index in [-0.39, 0.29) is 10.6 Å². The molecule has 0 amide bonds. The van der Waals surface area contributed by atoms with Crippen molar-refractivity contribution in [1.82, 2.24) is 4.57 Å². The Bertz CT molecular complexity index is 616. The van der Waals surface area contributed by atoms with E-state index in [1.165, 1.54) is 5.56 Å². The Morgan fingerprint density at radius 1 is 1.11 bits per heavy atom. The van der Waals surface area contributed by atoms with Crippen molar-refractivity contribution < 1.29 is 0 Å². The van der Waals surface area contributed by atoms with Crippen molar-refractivity contribution in [2.45, 2.75) is 26.8 Å². The van der Waals surface area contributed by atoms with Gasteiger partial charge in [0.25, 0.3) is 5.56 Å². The molecule has 0 aliphatic heterocycles. The number of nitrogens with zero attached hydrogens (tertiary/aromatic N) is 1. The number of aryl methyl sites for hydroxylation is 1. The maximum atomic E-state index is 12.0. The molecule has 0 aliphatic carbocycles.